The maximum Gasteiger partial charge on any atom is 0.261 e. The lowest BCUT2D eigenvalue weighted by molar-refractivity contribution is -0.00118. The van der Waals surface area contributed by atoms with Crippen molar-refractivity contribution < 1.29 is 38.1 Å². The normalized spacial score (nSPS) is 14.3. The van der Waals surface area contributed by atoms with Gasteiger partial charge in [0.1, 0.15) is 0 Å². The lowest BCUT2D eigenvalue weighted by Gasteiger charge is -2.35. The number of amides is 4. The van der Waals surface area contributed by atoms with Crippen molar-refractivity contribution in [2.24, 2.45) is 0 Å². The van der Waals surface area contributed by atoms with E-state index in [9.17, 15) is 19.2 Å². The van der Waals surface area contributed by atoms with Crippen molar-refractivity contribution >= 4 is 66.7 Å². The van der Waals surface area contributed by atoms with Crippen LogP contribution in [0.15, 0.2) is 48.5 Å². The molecule has 0 N–H and O–H groups in total. The molecule has 0 aliphatic carbocycles. The first kappa shape index (κ1) is 41.7. The van der Waals surface area contributed by atoms with E-state index in [2.05, 4.69) is 13.8 Å². The first-order valence-corrected chi connectivity index (χ1v) is 21.7. The predicted octanol–water partition coefficient (Wildman–Crippen LogP) is 9.71. The van der Waals surface area contributed by atoms with Crippen LogP contribution in [0, 0.1) is 0 Å². The van der Waals surface area contributed by atoms with Gasteiger partial charge in [0.2, 0.25) is 0 Å². The zero-order valence-electron chi connectivity index (χ0n) is 34.5. The lowest BCUT2D eigenvalue weighted by Crippen LogP contribution is -2.47. The number of rotatable bonds is 25. The van der Waals surface area contributed by atoms with Crippen molar-refractivity contribution in [2.75, 3.05) is 59.4 Å². The van der Waals surface area contributed by atoms with E-state index in [1.165, 1.54) is 4.90 Å². The lowest BCUT2D eigenvalue weighted by atomic mass is 9.82. The number of ether oxygens (including phenoxy) is 4. The van der Waals surface area contributed by atoms with Gasteiger partial charge in [-0.15, -0.1) is 0 Å². The summed E-state index contributed by atoms with van der Waals surface area (Å²) in [6, 6.07) is 15.2. The van der Waals surface area contributed by atoms with Gasteiger partial charge in [-0.25, -0.2) is 0 Å². The molecule has 5 aromatic rings. The van der Waals surface area contributed by atoms with Crippen molar-refractivity contribution in [1.82, 2.24) is 9.80 Å². The summed E-state index contributed by atoms with van der Waals surface area (Å²) < 4.78 is 22.0. The van der Waals surface area contributed by atoms with E-state index in [1.807, 2.05) is 55.5 Å². The van der Waals surface area contributed by atoms with Crippen LogP contribution in [0.2, 0.25) is 0 Å². The van der Waals surface area contributed by atoms with Crippen LogP contribution in [0.25, 0.3) is 43.1 Å². The Morgan fingerprint density at radius 1 is 0.431 bits per heavy atom. The molecule has 0 fully saturated rings. The second-order valence-corrected chi connectivity index (χ2v) is 15.6. The molecule has 0 saturated carbocycles. The maximum absolute atomic E-state index is 14.5. The summed E-state index contributed by atoms with van der Waals surface area (Å²) in [7, 11) is 0. The third-order valence-electron chi connectivity index (χ3n) is 11.9. The van der Waals surface area contributed by atoms with Crippen LogP contribution in [-0.4, -0.2) is 98.9 Å². The summed E-state index contributed by atoms with van der Waals surface area (Å²) in [6.45, 7) is 10.5. The van der Waals surface area contributed by atoms with Gasteiger partial charge in [0.15, 0.2) is 0 Å². The number of carbonyl (C=O) groups is 4. The largest absolute Gasteiger partial charge is 0.379 e. The van der Waals surface area contributed by atoms with E-state index in [4.69, 9.17) is 18.9 Å². The molecule has 10 heteroatoms. The number of carbonyl (C=O) groups excluding carboxylic acids is 4. The highest BCUT2D eigenvalue weighted by atomic mass is 16.6. The summed E-state index contributed by atoms with van der Waals surface area (Å²) in [5.41, 5.74) is 2.11. The Morgan fingerprint density at radius 3 is 1.24 bits per heavy atom. The summed E-state index contributed by atoms with van der Waals surface area (Å²) in [6.07, 6.45) is 10.9. The molecule has 0 radical (unpaired) electrons. The molecule has 0 spiro atoms. The van der Waals surface area contributed by atoms with Gasteiger partial charge < -0.3 is 18.9 Å². The van der Waals surface area contributed by atoms with E-state index in [-0.39, 0.29) is 36.2 Å². The van der Waals surface area contributed by atoms with Crippen molar-refractivity contribution in [3.63, 3.8) is 0 Å². The molecule has 2 aliphatic rings. The van der Waals surface area contributed by atoms with Crippen LogP contribution in [0.4, 0.5) is 0 Å². The fraction of sp³-hybridized carbons (Fsp3) is 0.500. The van der Waals surface area contributed by atoms with Gasteiger partial charge in [0.05, 0.1) is 39.6 Å². The van der Waals surface area contributed by atoms with Crippen LogP contribution in [0.5, 0.6) is 0 Å². The number of unbranched alkanes of at least 4 members (excludes halogenated alkanes) is 6. The highest BCUT2D eigenvalue weighted by Crippen LogP contribution is 2.46. The molecule has 7 rings (SSSR count). The first-order chi connectivity index (χ1) is 28.4. The second kappa shape index (κ2) is 19.5. The Kier molecular flexibility index (Phi) is 14.0. The Bertz CT molecular complexity index is 2130. The molecule has 2 aliphatic heterocycles. The smallest absolute Gasteiger partial charge is 0.261 e. The fourth-order valence-electron chi connectivity index (χ4n) is 9.02. The van der Waals surface area contributed by atoms with Crippen molar-refractivity contribution in [3.8, 4) is 0 Å². The summed E-state index contributed by atoms with van der Waals surface area (Å²) in [5, 5.41) is 6.66. The molecule has 4 amide bonds. The van der Waals surface area contributed by atoms with E-state index < -0.39 is 0 Å². The third kappa shape index (κ3) is 8.21. The van der Waals surface area contributed by atoms with Gasteiger partial charge in [-0.3, -0.25) is 29.0 Å². The van der Waals surface area contributed by atoms with Crippen molar-refractivity contribution in [1.29, 1.82) is 0 Å². The first-order valence-electron chi connectivity index (χ1n) is 21.7. The Morgan fingerprint density at radius 2 is 0.828 bits per heavy atom. The number of hydrogen-bond donors (Lipinski definition) is 0. The second-order valence-electron chi connectivity index (χ2n) is 15.6. The molecule has 0 aromatic heterocycles. The average Bonchev–Trinajstić information content (AvgIpc) is 3.24. The highest BCUT2D eigenvalue weighted by molar-refractivity contribution is 6.41. The number of fused-ring (bicyclic) bond motifs is 2. The third-order valence-corrected chi connectivity index (χ3v) is 11.9. The summed E-state index contributed by atoms with van der Waals surface area (Å²) >= 11 is 0. The van der Waals surface area contributed by atoms with Crippen molar-refractivity contribution in [2.45, 2.75) is 97.4 Å². The molecular formula is C48H58N2O8. The number of hydrogen-bond acceptors (Lipinski definition) is 8. The molecule has 308 valence electrons. The van der Waals surface area contributed by atoms with E-state index in [0.717, 1.165) is 96.5 Å². The van der Waals surface area contributed by atoms with Crippen molar-refractivity contribution in [3.05, 3.63) is 70.8 Å². The Labute approximate surface area is 341 Å². The minimum absolute atomic E-state index is 0.130. The monoisotopic (exact) mass is 790 g/mol. The van der Waals surface area contributed by atoms with Crippen LogP contribution in [0.3, 0.4) is 0 Å². The minimum Gasteiger partial charge on any atom is -0.379 e. The van der Waals surface area contributed by atoms with Crippen LogP contribution >= 0.6 is 0 Å². The average molecular weight is 791 g/mol. The predicted molar refractivity (Wildman–Crippen MR) is 228 cm³/mol. The molecule has 0 saturated heterocycles. The fourth-order valence-corrected chi connectivity index (χ4v) is 9.02. The molecule has 10 nitrogen and oxygen atoms in total. The zero-order valence-corrected chi connectivity index (χ0v) is 34.5. The standard InChI is InChI=1S/C48H58N2O8/c1-4-7-9-11-14-32(15-12-10-8-5-2)50-47(53)39-22-18-35-33-16-20-37-43-38(21-17-34(41(33)43)36-19-23-40(48(50)54)44(39)42(35)36)46(52)49(45(37)51)24-13-25-56-28-29-58-31-30-57-27-26-55-6-3/h16-23,32H,4-15,24-31H2,1-3H3. The zero-order chi connectivity index (χ0) is 40.6. The Balaban J connectivity index is 1.10. The van der Waals surface area contributed by atoms with Gasteiger partial charge in [-0.1, -0.05) is 89.5 Å². The SMILES string of the molecule is CCCCCCC(CCCCCC)N1C(=O)c2ccc3c4ccc5c6c(ccc(c7ccc(c2c37)C1=O)c64)C(=O)N(CCCOCCOCCOCCOCC)C5=O. The van der Waals surface area contributed by atoms with Gasteiger partial charge in [0, 0.05) is 58.8 Å². The Hall–Kier alpha value is -4.48. The molecular weight excluding hydrogens is 733 g/mol. The summed E-state index contributed by atoms with van der Waals surface area (Å²) in [5.74, 6) is -1.06. The number of benzene rings is 5. The quantitative estimate of drug-likeness (QED) is 0.0249. The topological polar surface area (TPSA) is 112 Å². The van der Waals surface area contributed by atoms with Gasteiger partial charge in [0.25, 0.3) is 23.6 Å². The number of nitrogens with zero attached hydrogens (tertiary/aromatic N) is 2. The molecule has 58 heavy (non-hydrogen) atoms. The van der Waals surface area contributed by atoms with E-state index >= 15 is 0 Å². The van der Waals surface area contributed by atoms with Gasteiger partial charge in [-0.2, -0.15) is 0 Å². The molecule has 2 heterocycles. The molecule has 0 atom stereocenters. The van der Waals surface area contributed by atoms with E-state index in [1.54, 1.807) is 4.90 Å². The minimum atomic E-state index is -0.319. The van der Waals surface area contributed by atoms with Gasteiger partial charge >= 0.3 is 0 Å². The van der Waals surface area contributed by atoms with E-state index in [0.29, 0.717) is 92.3 Å². The van der Waals surface area contributed by atoms with Crippen LogP contribution in [0.1, 0.15) is 133 Å². The molecule has 0 unspecified atom stereocenters. The molecule has 0 bridgehead atoms. The maximum atomic E-state index is 14.5. The highest BCUT2D eigenvalue weighted by Gasteiger charge is 2.39. The molecule has 5 aromatic carbocycles. The summed E-state index contributed by atoms with van der Waals surface area (Å²) in [4.78, 5) is 59.7. The number of imide groups is 2. The van der Waals surface area contributed by atoms with Gasteiger partial charge in [-0.05, 0) is 82.8 Å². The van der Waals surface area contributed by atoms with Crippen LogP contribution in [-0.2, 0) is 18.9 Å². The van der Waals surface area contributed by atoms with Crippen LogP contribution < -0.4 is 0 Å².